The van der Waals surface area contributed by atoms with Crippen LogP contribution in [0.2, 0.25) is 5.02 Å². The first-order valence-electron chi connectivity index (χ1n) is 7.01. The molecule has 0 fully saturated rings. The first kappa shape index (κ1) is 15.1. The number of rotatable bonds is 3. The Morgan fingerprint density at radius 2 is 2.00 bits per heavy atom. The van der Waals surface area contributed by atoms with Crippen LogP contribution in [0.3, 0.4) is 0 Å². The molecule has 3 aromatic rings. The maximum absolute atomic E-state index is 12.2. The molecule has 6 heteroatoms. The highest BCUT2D eigenvalue weighted by molar-refractivity contribution is 7.20. The van der Waals surface area contributed by atoms with E-state index in [9.17, 15) is 4.79 Å². The van der Waals surface area contributed by atoms with E-state index in [2.05, 4.69) is 10.4 Å². The van der Waals surface area contributed by atoms with Crippen LogP contribution in [0.15, 0.2) is 30.3 Å². The number of aryl methyl sites for hydroxylation is 1. The second kappa shape index (κ2) is 5.74. The van der Waals surface area contributed by atoms with E-state index in [1.807, 2.05) is 55.8 Å². The number of nitrogens with one attached hydrogen (secondary N) is 1. The largest absolute Gasteiger partial charge is 0.349 e. The lowest BCUT2D eigenvalue weighted by Crippen LogP contribution is -2.29. The standard InChI is InChI=1S/C16H16ClN3OS/c1-9(2)18-15(21)14-8-13-10(3)19-20(16(13)22-14)12-6-4-11(17)5-7-12/h4-9H,1-3H3,(H,18,21). The van der Waals surface area contributed by atoms with E-state index in [0.717, 1.165) is 21.6 Å². The van der Waals surface area contributed by atoms with Crippen LogP contribution in [0, 0.1) is 6.92 Å². The maximum atomic E-state index is 12.2. The number of carbonyl (C=O) groups excluding carboxylic acids is 1. The van der Waals surface area contributed by atoms with Gasteiger partial charge in [0.2, 0.25) is 0 Å². The van der Waals surface area contributed by atoms with Crippen LogP contribution < -0.4 is 5.32 Å². The first-order valence-corrected chi connectivity index (χ1v) is 8.21. The van der Waals surface area contributed by atoms with Crippen LogP contribution in [-0.4, -0.2) is 21.7 Å². The zero-order valence-electron chi connectivity index (χ0n) is 12.6. The van der Waals surface area contributed by atoms with Gasteiger partial charge in [0.15, 0.2) is 0 Å². The van der Waals surface area contributed by atoms with Crippen LogP contribution in [0.1, 0.15) is 29.2 Å². The summed E-state index contributed by atoms with van der Waals surface area (Å²) >= 11 is 7.39. The van der Waals surface area contributed by atoms with Gasteiger partial charge in [-0.1, -0.05) is 11.6 Å². The summed E-state index contributed by atoms with van der Waals surface area (Å²) in [5, 5.41) is 9.18. The van der Waals surface area contributed by atoms with Crippen molar-refractivity contribution in [3.05, 3.63) is 45.9 Å². The van der Waals surface area contributed by atoms with E-state index < -0.39 is 0 Å². The van der Waals surface area contributed by atoms with Crippen LogP contribution in [-0.2, 0) is 0 Å². The topological polar surface area (TPSA) is 46.9 Å². The molecule has 1 amide bonds. The number of aromatic nitrogens is 2. The van der Waals surface area contributed by atoms with Crippen molar-refractivity contribution in [3.63, 3.8) is 0 Å². The summed E-state index contributed by atoms with van der Waals surface area (Å²) in [6, 6.07) is 9.53. The van der Waals surface area contributed by atoms with E-state index in [0.29, 0.717) is 9.90 Å². The van der Waals surface area contributed by atoms with Crippen LogP contribution in [0.4, 0.5) is 0 Å². The summed E-state index contributed by atoms with van der Waals surface area (Å²) in [4.78, 5) is 13.8. The third-order valence-electron chi connectivity index (χ3n) is 3.26. The summed E-state index contributed by atoms with van der Waals surface area (Å²) in [7, 11) is 0. The molecule has 22 heavy (non-hydrogen) atoms. The van der Waals surface area contributed by atoms with E-state index in [-0.39, 0.29) is 11.9 Å². The van der Waals surface area contributed by atoms with E-state index in [4.69, 9.17) is 11.6 Å². The lowest BCUT2D eigenvalue weighted by molar-refractivity contribution is 0.0947. The number of carbonyl (C=O) groups is 1. The van der Waals surface area contributed by atoms with Gasteiger partial charge in [-0.3, -0.25) is 4.79 Å². The van der Waals surface area contributed by atoms with E-state index in [1.54, 1.807) is 0 Å². The van der Waals surface area contributed by atoms with Gasteiger partial charge < -0.3 is 5.32 Å². The van der Waals surface area contributed by atoms with E-state index in [1.165, 1.54) is 11.3 Å². The Hall–Kier alpha value is -1.85. The third kappa shape index (κ3) is 2.74. The molecule has 1 aromatic carbocycles. The van der Waals surface area contributed by atoms with Gasteiger partial charge in [0.25, 0.3) is 5.91 Å². The average Bonchev–Trinajstić information content (AvgIpc) is 3.00. The Balaban J connectivity index is 2.07. The molecule has 114 valence electrons. The predicted molar refractivity (Wildman–Crippen MR) is 91.3 cm³/mol. The monoisotopic (exact) mass is 333 g/mol. The fraction of sp³-hybridized carbons (Fsp3) is 0.250. The second-order valence-electron chi connectivity index (χ2n) is 5.43. The molecule has 2 heterocycles. The van der Waals surface area contributed by atoms with Crippen molar-refractivity contribution in [1.82, 2.24) is 15.1 Å². The van der Waals surface area contributed by atoms with Crippen molar-refractivity contribution in [2.24, 2.45) is 0 Å². The highest BCUT2D eigenvalue weighted by atomic mass is 35.5. The molecule has 1 N–H and O–H groups in total. The van der Waals surface area contributed by atoms with Crippen LogP contribution in [0.5, 0.6) is 0 Å². The van der Waals surface area contributed by atoms with Crippen molar-refractivity contribution >= 4 is 39.1 Å². The van der Waals surface area contributed by atoms with Gasteiger partial charge in [-0.25, -0.2) is 4.68 Å². The second-order valence-corrected chi connectivity index (χ2v) is 6.90. The zero-order chi connectivity index (χ0) is 15.9. The molecule has 0 saturated heterocycles. The molecule has 0 aliphatic heterocycles. The summed E-state index contributed by atoms with van der Waals surface area (Å²) in [5.41, 5.74) is 1.84. The minimum atomic E-state index is -0.0433. The average molecular weight is 334 g/mol. The number of fused-ring (bicyclic) bond motifs is 1. The third-order valence-corrected chi connectivity index (χ3v) is 4.62. The van der Waals surface area contributed by atoms with Gasteiger partial charge in [0.1, 0.15) is 4.83 Å². The molecule has 4 nitrogen and oxygen atoms in total. The van der Waals surface area contributed by atoms with Crippen molar-refractivity contribution in [1.29, 1.82) is 0 Å². The summed E-state index contributed by atoms with van der Waals surface area (Å²) in [5.74, 6) is -0.0433. The number of thiophene rings is 1. The number of hydrogen-bond acceptors (Lipinski definition) is 3. The molecule has 0 aliphatic carbocycles. The fourth-order valence-corrected chi connectivity index (χ4v) is 3.46. The highest BCUT2D eigenvalue weighted by Crippen LogP contribution is 2.30. The molecule has 3 rings (SSSR count). The molecule has 2 aromatic heterocycles. The number of amides is 1. The molecule has 0 unspecified atom stereocenters. The number of nitrogens with zero attached hydrogens (tertiary/aromatic N) is 2. The zero-order valence-corrected chi connectivity index (χ0v) is 14.1. The molecule has 0 atom stereocenters. The quantitative estimate of drug-likeness (QED) is 0.781. The molecule has 0 radical (unpaired) electrons. The smallest absolute Gasteiger partial charge is 0.261 e. The molecule has 0 aliphatic rings. The van der Waals surface area contributed by atoms with Crippen molar-refractivity contribution in [3.8, 4) is 5.69 Å². The Morgan fingerprint density at radius 3 is 2.64 bits per heavy atom. The van der Waals surface area contributed by atoms with Crippen LogP contribution >= 0.6 is 22.9 Å². The molecule has 0 bridgehead atoms. The Morgan fingerprint density at radius 1 is 1.32 bits per heavy atom. The lowest BCUT2D eigenvalue weighted by atomic mass is 10.3. The predicted octanol–water partition coefficient (Wildman–Crippen LogP) is 4.19. The molecule has 0 saturated carbocycles. The van der Waals surface area contributed by atoms with Gasteiger partial charge in [0.05, 0.1) is 16.3 Å². The fourth-order valence-electron chi connectivity index (χ4n) is 2.25. The van der Waals surface area contributed by atoms with Gasteiger partial charge >= 0.3 is 0 Å². The van der Waals surface area contributed by atoms with Gasteiger partial charge in [-0.15, -0.1) is 11.3 Å². The minimum Gasteiger partial charge on any atom is -0.349 e. The Labute approximate surface area is 137 Å². The number of hydrogen-bond donors (Lipinski definition) is 1. The Kier molecular flexibility index (Phi) is 3.93. The van der Waals surface area contributed by atoms with E-state index >= 15 is 0 Å². The number of halogens is 1. The van der Waals surface area contributed by atoms with Gasteiger partial charge in [-0.05, 0) is 51.1 Å². The van der Waals surface area contributed by atoms with Gasteiger partial charge in [-0.2, -0.15) is 5.10 Å². The molecule has 0 spiro atoms. The van der Waals surface area contributed by atoms with Gasteiger partial charge in [0, 0.05) is 16.5 Å². The van der Waals surface area contributed by atoms with Crippen molar-refractivity contribution in [2.45, 2.75) is 26.8 Å². The normalized spacial score (nSPS) is 11.3. The summed E-state index contributed by atoms with van der Waals surface area (Å²) < 4.78 is 1.86. The van der Waals surface area contributed by atoms with Crippen LogP contribution in [0.25, 0.3) is 15.9 Å². The SMILES string of the molecule is Cc1nn(-c2ccc(Cl)cc2)c2sc(C(=O)NC(C)C)cc12. The molecular weight excluding hydrogens is 318 g/mol. The Bertz CT molecular complexity index is 833. The lowest BCUT2D eigenvalue weighted by Gasteiger charge is -2.06. The summed E-state index contributed by atoms with van der Waals surface area (Å²) in [6.45, 7) is 5.85. The summed E-state index contributed by atoms with van der Waals surface area (Å²) in [6.07, 6.45) is 0. The maximum Gasteiger partial charge on any atom is 0.261 e. The van der Waals surface area contributed by atoms with Crippen molar-refractivity contribution < 1.29 is 4.79 Å². The highest BCUT2D eigenvalue weighted by Gasteiger charge is 2.17. The van der Waals surface area contributed by atoms with Crippen molar-refractivity contribution in [2.75, 3.05) is 0 Å². The molecular formula is C16H16ClN3OS. The first-order chi connectivity index (χ1) is 10.5. The minimum absolute atomic E-state index is 0.0433. The number of benzene rings is 1.